The van der Waals surface area contributed by atoms with E-state index in [0.29, 0.717) is 24.2 Å². The number of carbonyl (C=O) groups is 1. The molecule has 31 heavy (non-hydrogen) atoms. The van der Waals surface area contributed by atoms with Gasteiger partial charge >= 0.3 is 0 Å². The molecule has 6 atom stereocenters. The Morgan fingerprint density at radius 2 is 1.94 bits per heavy atom. The van der Waals surface area contributed by atoms with Gasteiger partial charge in [0, 0.05) is 23.8 Å². The van der Waals surface area contributed by atoms with Crippen molar-refractivity contribution < 1.29 is 23.8 Å². The molecule has 1 N–H and O–H groups in total. The Hall–Kier alpha value is -0.793. The number of aliphatic hydroxyl groups is 1. The zero-order valence-electron chi connectivity index (χ0n) is 20.9. The van der Waals surface area contributed by atoms with Gasteiger partial charge in [0.25, 0.3) is 0 Å². The first-order chi connectivity index (χ1) is 14.0. The van der Waals surface area contributed by atoms with Gasteiger partial charge in [0.05, 0.1) is 24.4 Å². The van der Waals surface area contributed by atoms with Crippen molar-refractivity contribution in [1.29, 1.82) is 0 Å². The smallest absolute Gasteiger partial charge is 0.192 e. The van der Waals surface area contributed by atoms with E-state index in [1.807, 2.05) is 27.7 Å². The predicted octanol–water partition coefficient (Wildman–Crippen LogP) is 5.01. The molecule has 0 spiro atoms. The molecule has 0 aromatic heterocycles. The summed E-state index contributed by atoms with van der Waals surface area (Å²) in [7, 11) is -2.14. The van der Waals surface area contributed by atoms with Crippen molar-refractivity contribution >= 4 is 14.1 Å². The zero-order chi connectivity index (χ0) is 23.6. The molecule has 2 aliphatic carbocycles. The molecule has 0 bridgehead atoms. The van der Waals surface area contributed by atoms with Crippen LogP contribution in [0.4, 0.5) is 0 Å². The highest BCUT2D eigenvalue weighted by Crippen LogP contribution is 2.52. The van der Waals surface area contributed by atoms with E-state index in [0.717, 1.165) is 6.42 Å². The maximum absolute atomic E-state index is 12.6. The molecule has 1 heterocycles. The standard InChI is InChI=1S/C25H42O5Si/c1-15(2)18-13-25(27,16(3)11-20(18)26)19-12-17-14-28-24(7,8)29-21(17)22(19)30-31(9,10)23(4,5)6/h13,16-17,19,21-22,27H,1,11-12,14H2,2-10H3/t16-,17-,19-,21+,22+,25+/m1/s1. The lowest BCUT2D eigenvalue weighted by Crippen LogP contribution is -2.56. The number of Topliss-reactive ketones (excluding diaryl/α,β-unsaturated/α-hetero) is 1. The van der Waals surface area contributed by atoms with E-state index in [9.17, 15) is 9.90 Å². The van der Waals surface area contributed by atoms with E-state index in [1.54, 1.807) is 6.08 Å². The number of fused-ring (bicyclic) bond motifs is 1. The molecule has 0 aromatic rings. The van der Waals surface area contributed by atoms with E-state index >= 15 is 0 Å². The predicted molar refractivity (Wildman–Crippen MR) is 125 cm³/mol. The minimum absolute atomic E-state index is 0.0335. The molecule has 3 aliphatic rings. The summed E-state index contributed by atoms with van der Waals surface area (Å²) >= 11 is 0. The number of hydrogen-bond donors (Lipinski definition) is 1. The Morgan fingerprint density at radius 1 is 1.32 bits per heavy atom. The largest absolute Gasteiger partial charge is 0.411 e. The molecule has 6 heteroatoms. The number of carbonyl (C=O) groups excluding carboxylic acids is 1. The molecular weight excluding hydrogens is 408 g/mol. The molecule has 3 rings (SSSR count). The Kier molecular flexibility index (Phi) is 6.34. The zero-order valence-corrected chi connectivity index (χ0v) is 21.9. The second-order valence-electron chi connectivity index (χ2n) is 12.0. The average molecular weight is 451 g/mol. The molecule has 2 fully saturated rings. The number of allylic oxidation sites excluding steroid dienone is 2. The SMILES string of the molecule is C=C(C)C1=C[C@@](O)([C@@H]2C[C@@H]3COC(C)(C)O[C@@H]3[C@H]2O[Si](C)(C)C(C)(C)C)[C@H](C)CC1=O. The van der Waals surface area contributed by atoms with Crippen LogP contribution in [-0.4, -0.2) is 49.4 Å². The van der Waals surface area contributed by atoms with Gasteiger partial charge in [-0.25, -0.2) is 0 Å². The van der Waals surface area contributed by atoms with Crippen LogP contribution in [0.5, 0.6) is 0 Å². The van der Waals surface area contributed by atoms with E-state index in [4.69, 9.17) is 13.9 Å². The first-order valence-corrected chi connectivity index (χ1v) is 14.5. The van der Waals surface area contributed by atoms with Crippen molar-refractivity contribution in [1.82, 2.24) is 0 Å². The van der Waals surface area contributed by atoms with Crippen LogP contribution in [0.15, 0.2) is 23.8 Å². The Morgan fingerprint density at radius 3 is 2.48 bits per heavy atom. The molecule has 1 saturated heterocycles. The summed E-state index contributed by atoms with van der Waals surface area (Å²) in [6.07, 6.45) is 2.45. The number of ketones is 1. The van der Waals surface area contributed by atoms with Gasteiger partial charge in [-0.3, -0.25) is 4.79 Å². The minimum atomic E-state index is -2.14. The summed E-state index contributed by atoms with van der Waals surface area (Å²) in [4.78, 5) is 12.6. The average Bonchev–Trinajstić information content (AvgIpc) is 2.93. The quantitative estimate of drug-likeness (QED) is 0.610. The Bertz CT molecular complexity index is 777. The molecule has 0 unspecified atom stereocenters. The molecule has 0 radical (unpaired) electrons. The van der Waals surface area contributed by atoms with Gasteiger partial charge in [0.1, 0.15) is 0 Å². The topological polar surface area (TPSA) is 65.0 Å². The Balaban J connectivity index is 2.06. The molecular formula is C25H42O5Si. The van der Waals surface area contributed by atoms with Crippen LogP contribution in [0.2, 0.25) is 18.1 Å². The summed E-state index contributed by atoms with van der Waals surface area (Å²) in [6, 6.07) is 0. The Labute approximate surface area is 189 Å². The van der Waals surface area contributed by atoms with Crippen LogP contribution in [-0.2, 0) is 18.7 Å². The lowest BCUT2D eigenvalue weighted by Gasteiger charge is -2.48. The fraction of sp³-hybridized carbons (Fsp3) is 0.800. The highest BCUT2D eigenvalue weighted by molar-refractivity contribution is 6.74. The maximum atomic E-state index is 12.6. The molecule has 0 amide bonds. The first kappa shape index (κ1) is 24.8. The number of hydrogen-bond acceptors (Lipinski definition) is 5. The summed E-state index contributed by atoms with van der Waals surface area (Å²) in [5.74, 6) is -0.842. The van der Waals surface area contributed by atoms with Gasteiger partial charge in [-0.15, -0.1) is 0 Å². The number of rotatable bonds is 4. The van der Waals surface area contributed by atoms with Crippen LogP contribution < -0.4 is 0 Å². The third kappa shape index (κ3) is 4.51. The van der Waals surface area contributed by atoms with Crippen LogP contribution in [0, 0.1) is 17.8 Å². The highest BCUT2D eigenvalue weighted by Gasteiger charge is 2.60. The van der Waals surface area contributed by atoms with E-state index in [-0.39, 0.29) is 40.8 Å². The number of ether oxygens (including phenoxy) is 2. The van der Waals surface area contributed by atoms with E-state index < -0.39 is 19.7 Å². The van der Waals surface area contributed by atoms with Crippen molar-refractivity contribution in [3.8, 4) is 0 Å². The van der Waals surface area contributed by atoms with Crippen LogP contribution in [0.25, 0.3) is 0 Å². The van der Waals surface area contributed by atoms with Gasteiger partial charge in [-0.2, -0.15) is 0 Å². The van der Waals surface area contributed by atoms with Gasteiger partial charge < -0.3 is 19.0 Å². The van der Waals surface area contributed by atoms with Crippen molar-refractivity contribution in [2.75, 3.05) is 6.61 Å². The monoisotopic (exact) mass is 450 g/mol. The van der Waals surface area contributed by atoms with Crippen LogP contribution in [0.1, 0.15) is 61.3 Å². The molecule has 1 aliphatic heterocycles. The summed E-state index contributed by atoms with van der Waals surface area (Å²) in [6.45, 7) is 23.4. The second kappa shape index (κ2) is 7.91. The van der Waals surface area contributed by atoms with Crippen LogP contribution in [0.3, 0.4) is 0 Å². The molecule has 0 aromatic carbocycles. The van der Waals surface area contributed by atoms with Crippen molar-refractivity contribution in [2.45, 2.75) is 103 Å². The van der Waals surface area contributed by atoms with E-state index in [2.05, 4.69) is 40.4 Å². The summed E-state index contributed by atoms with van der Waals surface area (Å²) < 4.78 is 19.4. The molecule has 5 nitrogen and oxygen atoms in total. The third-order valence-electron chi connectivity index (χ3n) is 8.05. The molecule has 1 saturated carbocycles. The fourth-order valence-electron chi connectivity index (χ4n) is 5.04. The second-order valence-corrected chi connectivity index (χ2v) is 16.7. The van der Waals surface area contributed by atoms with Gasteiger partial charge in [0.2, 0.25) is 0 Å². The first-order valence-electron chi connectivity index (χ1n) is 11.6. The fourth-order valence-corrected chi connectivity index (χ4v) is 6.38. The lowest BCUT2D eigenvalue weighted by atomic mass is 9.68. The van der Waals surface area contributed by atoms with Crippen molar-refractivity contribution in [3.05, 3.63) is 23.8 Å². The normalized spacial score (nSPS) is 38.6. The summed E-state index contributed by atoms with van der Waals surface area (Å²) in [5, 5.41) is 12.1. The lowest BCUT2D eigenvalue weighted by molar-refractivity contribution is -0.298. The van der Waals surface area contributed by atoms with Gasteiger partial charge in [-0.05, 0) is 62.9 Å². The highest BCUT2D eigenvalue weighted by atomic mass is 28.4. The van der Waals surface area contributed by atoms with Crippen molar-refractivity contribution in [3.63, 3.8) is 0 Å². The third-order valence-corrected chi connectivity index (χ3v) is 12.5. The van der Waals surface area contributed by atoms with E-state index in [1.165, 1.54) is 0 Å². The summed E-state index contributed by atoms with van der Waals surface area (Å²) in [5.41, 5.74) is 0.104. The van der Waals surface area contributed by atoms with Crippen LogP contribution >= 0.6 is 0 Å². The van der Waals surface area contributed by atoms with Gasteiger partial charge in [-0.1, -0.05) is 34.3 Å². The minimum Gasteiger partial charge on any atom is -0.411 e. The maximum Gasteiger partial charge on any atom is 0.192 e. The van der Waals surface area contributed by atoms with Crippen molar-refractivity contribution in [2.24, 2.45) is 17.8 Å². The molecule has 176 valence electrons. The van der Waals surface area contributed by atoms with Gasteiger partial charge in [0.15, 0.2) is 19.9 Å².